The molecule has 0 saturated heterocycles. The van der Waals surface area contributed by atoms with Crippen molar-refractivity contribution in [2.24, 2.45) is 12.9 Å². The minimum absolute atomic E-state index is 0.150. The second kappa shape index (κ2) is 4.90. The lowest BCUT2D eigenvalue weighted by atomic mass is 10.4. The van der Waals surface area contributed by atoms with Crippen LogP contribution in [0.15, 0.2) is 18.2 Å². The molecule has 2 aromatic heterocycles. The summed E-state index contributed by atoms with van der Waals surface area (Å²) in [5, 5.41) is 15.0. The number of nitro groups is 1. The Bertz CT molecular complexity index is 624. The zero-order valence-electron chi connectivity index (χ0n) is 10.3. The molecule has 0 bridgehead atoms. The molecule has 0 aliphatic heterocycles. The standard InChI is InChI=1S/C10H12N6O3/c1-6-5-9(15(2)14-6)19-10-7(16(17)18)3-4-8(12-10)13-11/h3-5H,11H2,1-2H3,(H,12,13). The van der Waals surface area contributed by atoms with Crippen molar-refractivity contribution in [2.75, 3.05) is 5.43 Å². The molecule has 0 aliphatic rings. The van der Waals surface area contributed by atoms with E-state index < -0.39 is 4.92 Å². The largest absolute Gasteiger partial charge is 0.415 e. The van der Waals surface area contributed by atoms with Crippen molar-refractivity contribution in [3.63, 3.8) is 0 Å². The van der Waals surface area contributed by atoms with Crippen molar-refractivity contribution in [3.05, 3.63) is 34.0 Å². The number of ether oxygens (including phenoxy) is 1. The van der Waals surface area contributed by atoms with Crippen LogP contribution in [-0.4, -0.2) is 19.7 Å². The average Bonchev–Trinajstić information content (AvgIpc) is 2.67. The van der Waals surface area contributed by atoms with Crippen molar-refractivity contribution < 1.29 is 9.66 Å². The number of nitrogen functional groups attached to an aromatic ring is 1. The molecule has 0 unspecified atom stereocenters. The van der Waals surface area contributed by atoms with Gasteiger partial charge >= 0.3 is 11.6 Å². The maximum atomic E-state index is 10.9. The number of nitrogens with zero attached hydrogens (tertiary/aromatic N) is 4. The van der Waals surface area contributed by atoms with E-state index in [1.165, 1.54) is 16.8 Å². The minimum atomic E-state index is -0.578. The summed E-state index contributed by atoms with van der Waals surface area (Å²) in [7, 11) is 1.67. The number of nitrogens with one attached hydrogen (secondary N) is 1. The molecule has 0 aliphatic carbocycles. The zero-order chi connectivity index (χ0) is 14.0. The lowest BCUT2D eigenvalue weighted by Gasteiger charge is -2.06. The van der Waals surface area contributed by atoms with Crippen LogP contribution in [0.25, 0.3) is 0 Å². The van der Waals surface area contributed by atoms with E-state index in [9.17, 15) is 10.1 Å². The zero-order valence-corrected chi connectivity index (χ0v) is 10.3. The number of anilines is 1. The van der Waals surface area contributed by atoms with Crippen molar-refractivity contribution in [3.8, 4) is 11.8 Å². The van der Waals surface area contributed by atoms with Gasteiger partial charge in [-0.1, -0.05) is 0 Å². The number of hydrogen-bond donors (Lipinski definition) is 2. The summed E-state index contributed by atoms with van der Waals surface area (Å²) in [6.07, 6.45) is 0. The van der Waals surface area contributed by atoms with Crippen molar-refractivity contribution >= 4 is 11.5 Å². The Kier molecular flexibility index (Phi) is 3.29. The Hall–Kier alpha value is -2.68. The molecule has 2 rings (SSSR count). The molecule has 2 aromatic rings. The fourth-order valence-electron chi connectivity index (χ4n) is 1.51. The van der Waals surface area contributed by atoms with E-state index in [2.05, 4.69) is 15.5 Å². The molecule has 0 atom stereocenters. The van der Waals surface area contributed by atoms with E-state index in [1.807, 2.05) is 0 Å². The molecule has 100 valence electrons. The highest BCUT2D eigenvalue weighted by atomic mass is 16.6. The Morgan fingerprint density at radius 2 is 2.26 bits per heavy atom. The smallest absolute Gasteiger partial charge is 0.331 e. The van der Waals surface area contributed by atoms with Gasteiger partial charge in [-0.2, -0.15) is 10.1 Å². The maximum absolute atomic E-state index is 10.9. The van der Waals surface area contributed by atoms with Gasteiger partial charge in [-0.15, -0.1) is 0 Å². The number of hydrazine groups is 1. The molecule has 0 spiro atoms. The third kappa shape index (κ3) is 2.60. The van der Waals surface area contributed by atoms with E-state index in [-0.39, 0.29) is 17.4 Å². The summed E-state index contributed by atoms with van der Waals surface area (Å²) in [6.45, 7) is 1.78. The van der Waals surface area contributed by atoms with E-state index >= 15 is 0 Å². The van der Waals surface area contributed by atoms with Crippen LogP contribution in [0.4, 0.5) is 11.5 Å². The second-order valence-corrected chi connectivity index (χ2v) is 3.77. The van der Waals surface area contributed by atoms with E-state index in [4.69, 9.17) is 10.6 Å². The van der Waals surface area contributed by atoms with Gasteiger partial charge in [-0.3, -0.25) is 10.1 Å². The topological polar surface area (TPSA) is 121 Å². The van der Waals surface area contributed by atoms with Crippen LogP contribution in [0.2, 0.25) is 0 Å². The lowest BCUT2D eigenvalue weighted by Crippen LogP contribution is -2.09. The molecule has 3 N–H and O–H groups in total. The summed E-state index contributed by atoms with van der Waals surface area (Å²) in [6, 6.07) is 4.30. The highest BCUT2D eigenvalue weighted by molar-refractivity contribution is 5.49. The molecule has 2 heterocycles. The summed E-state index contributed by atoms with van der Waals surface area (Å²) < 4.78 is 6.88. The summed E-state index contributed by atoms with van der Waals surface area (Å²) in [5.74, 6) is 5.68. The summed E-state index contributed by atoms with van der Waals surface area (Å²) >= 11 is 0. The van der Waals surface area contributed by atoms with Gasteiger partial charge in [0.2, 0.25) is 5.88 Å². The van der Waals surface area contributed by atoms with Gasteiger partial charge in [-0.25, -0.2) is 10.5 Å². The van der Waals surface area contributed by atoms with Crippen molar-refractivity contribution in [1.82, 2.24) is 14.8 Å². The monoisotopic (exact) mass is 264 g/mol. The molecule has 0 aromatic carbocycles. The number of nitrogens with two attached hydrogens (primary N) is 1. The molecule has 19 heavy (non-hydrogen) atoms. The van der Waals surface area contributed by atoms with Crippen LogP contribution >= 0.6 is 0 Å². The maximum Gasteiger partial charge on any atom is 0.331 e. The van der Waals surface area contributed by atoms with Crippen molar-refractivity contribution in [1.29, 1.82) is 0 Å². The van der Waals surface area contributed by atoms with Gasteiger partial charge in [0.15, 0.2) is 0 Å². The first-order valence-corrected chi connectivity index (χ1v) is 5.32. The van der Waals surface area contributed by atoms with E-state index in [1.54, 1.807) is 20.0 Å². The summed E-state index contributed by atoms with van der Waals surface area (Å²) in [4.78, 5) is 14.3. The first-order chi connectivity index (χ1) is 9.01. The van der Waals surface area contributed by atoms with Gasteiger partial charge < -0.3 is 10.2 Å². The molecule has 0 fully saturated rings. The fraction of sp³-hybridized carbons (Fsp3) is 0.200. The first kappa shape index (κ1) is 12.8. The molecule has 9 nitrogen and oxygen atoms in total. The molecule has 0 amide bonds. The van der Waals surface area contributed by atoms with Crippen LogP contribution < -0.4 is 16.0 Å². The quantitative estimate of drug-likeness (QED) is 0.482. The second-order valence-electron chi connectivity index (χ2n) is 3.77. The van der Waals surface area contributed by atoms with Gasteiger partial charge in [0, 0.05) is 19.2 Å². The highest BCUT2D eigenvalue weighted by Crippen LogP contribution is 2.30. The highest BCUT2D eigenvalue weighted by Gasteiger charge is 2.19. The van der Waals surface area contributed by atoms with Crippen LogP contribution in [0.5, 0.6) is 11.8 Å². The number of rotatable bonds is 4. The number of aromatic nitrogens is 3. The van der Waals surface area contributed by atoms with Gasteiger partial charge in [0.05, 0.1) is 10.6 Å². The van der Waals surface area contributed by atoms with Gasteiger partial charge in [0.1, 0.15) is 5.82 Å². The molecular formula is C10H12N6O3. The number of aryl methyl sites for hydroxylation is 2. The van der Waals surface area contributed by atoms with Crippen molar-refractivity contribution in [2.45, 2.75) is 6.92 Å². The van der Waals surface area contributed by atoms with Crippen LogP contribution in [0, 0.1) is 17.0 Å². The molecule has 0 saturated carbocycles. The number of pyridine rings is 1. The third-order valence-corrected chi connectivity index (χ3v) is 2.35. The Morgan fingerprint density at radius 3 is 2.79 bits per heavy atom. The van der Waals surface area contributed by atoms with Gasteiger partial charge in [0.25, 0.3) is 0 Å². The molecule has 0 radical (unpaired) electrons. The first-order valence-electron chi connectivity index (χ1n) is 5.32. The lowest BCUT2D eigenvalue weighted by molar-refractivity contribution is -0.386. The third-order valence-electron chi connectivity index (χ3n) is 2.35. The predicted molar refractivity (Wildman–Crippen MR) is 66.7 cm³/mol. The Balaban J connectivity index is 2.42. The molecule has 9 heteroatoms. The van der Waals surface area contributed by atoms with E-state index in [0.717, 1.165) is 5.69 Å². The van der Waals surface area contributed by atoms with Crippen LogP contribution in [0.3, 0.4) is 0 Å². The van der Waals surface area contributed by atoms with Crippen LogP contribution in [0.1, 0.15) is 5.69 Å². The normalized spacial score (nSPS) is 10.3. The average molecular weight is 264 g/mol. The van der Waals surface area contributed by atoms with Gasteiger partial charge in [-0.05, 0) is 13.0 Å². The predicted octanol–water partition coefficient (Wildman–Crippen LogP) is 1.11. The Labute approximate surface area is 108 Å². The summed E-state index contributed by atoms with van der Waals surface area (Å²) in [5.41, 5.74) is 2.78. The molecular weight excluding hydrogens is 252 g/mol. The minimum Gasteiger partial charge on any atom is -0.415 e. The SMILES string of the molecule is Cc1cc(Oc2nc(NN)ccc2[N+](=O)[O-])n(C)n1. The number of hydrogen-bond acceptors (Lipinski definition) is 7. The fourth-order valence-corrected chi connectivity index (χ4v) is 1.51. The Morgan fingerprint density at radius 1 is 1.53 bits per heavy atom. The van der Waals surface area contributed by atoms with E-state index in [0.29, 0.717) is 5.88 Å². The van der Waals surface area contributed by atoms with Crippen LogP contribution in [-0.2, 0) is 7.05 Å².